The summed E-state index contributed by atoms with van der Waals surface area (Å²) in [6, 6.07) is 11.9. The van der Waals surface area contributed by atoms with E-state index in [-0.39, 0.29) is 28.8 Å². The van der Waals surface area contributed by atoms with Crippen LogP contribution in [0.3, 0.4) is 0 Å². The summed E-state index contributed by atoms with van der Waals surface area (Å²) >= 11 is 1.46. The first-order valence-electron chi connectivity index (χ1n) is 9.50. The number of aromatic hydroxyl groups is 2. The highest BCUT2D eigenvalue weighted by atomic mass is 32.2. The number of anilines is 1. The first-order chi connectivity index (χ1) is 15.9. The SMILES string of the molecule is Cc1ccc(SCc2c(C(=O)N/N=C\c3ccc(O)cc3O)nnn2-c2nonc2N)cc1. The van der Waals surface area contributed by atoms with Crippen molar-refractivity contribution in [3.8, 4) is 17.3 Å². The van der Waals surface area contributed by atoms with Crippen molar-refractivity contribution in [1.82, 2.24) is 30.7 Å². The quantitative estimate of drug-likeness (QED) is 0.179. The van der Waals surface area contributed by atoms with Gasteiger partial charge in [-0.15, -0.1) is 16.9 Å². The first kappa shape index (κ1) is 21.8. The van der Waals surface area contributed by atoms with E-state index in [0.717, 1.165) is 16.5 Å². The van der Waals surface area contributed by atoms with Crippen molar-refractivity contribution in [2.24, 2.45) is 5.10 Å². The van der Waals surface area contributed by atoms with Crippen LogP contribution in [0.1, 0.15) is 27.3 Å². The summed E-state index contributed by atoms with van der Waals surface area (Å²) in [6.07, 6.45) is 1.23. The fourth-order valence-electron chi connectivity index (χ4n) is 2.76. The second kappa shape index (κ2) is 9.40. The maximum absolute atomic E-state index is 12.8. The molecule has 0 spiro atoms. The molecule has 0 fully saturated rings. The monoisotopic (exact) mass is 466 g/mol. The fourth-order valence-corrected chi connectivity index (χ4v) is 3.65. The summed E-state index contributed by atoms with van der Waals surface area (Å²) in [5.41, 5.74) is 9.98. The minimum atomic E-state index is -0.634. The van der Waals surface area contributed by atoms with Gasteiger partial charge in [-0.3, -0.25) is 4.79 Å². The summed E-state index contributed by atoms with van der Waals surface area (Å²) < 4.78 is 5.94. The third-order valence-electron chi connectivity index (χ3n) is 4.45. The lowest BCUT2D eigenvalue weighted by Gasteiger charge is -2.06. The summed E-state index contributed by atoms with van der Waals surface area (Å²) in [4.78, 5) is 13.8. The van der Waals surface area contributed by atoms with Gasteiger partial charge >= 0.3 is 0 Å². The molecule has 0 aliphatic carbocycles. The average molecular weight is 466 g/mol. The number of rotatable bonds is 7. The fraction of sp³-hybridized carbons (Fsp3) is 0.100. The normalized spacial score (nSPS) is 11.2. The number of aryl methyl sites for hydroxylation is 1. The van der Waals surface area contributed by atoms with Crippen LogP contribution in [0.5, 0.6) is 11.5 Å². The Morgan fingerprint density at radius 2 is 2.03 bits per heavy atom. The summed E-state index contributed by atoms with van der Waals surface area (Å²) in [7, 11) is 0. The number of amides is 1. The van der Waals surface area contributed by atoms with Crippen LogP contribution in [0, 0.1) is 6.92 Å². The van der Waals surface area contributed by atoms with Crippen LogP contribution >= 0.6 is 11.8 Å². The third kappa shape index (κ3) is 4.93. The van der Waals surface area contributed by atoms with E-state index in [0.29, 0.717) is 17.0 Å². The van der Waals surface area contributed by atoms with Gasteiger partial charge in [0.1, 0.15) is 11.5 Å². The van der Waals surface area contributed by atoms with Crippen molar-refractivity contribution in [3.05, 3.63) is 65.0 Å². The Balaban J connectivity index is 1.57. The van der Waals surface area contributed by atoms with Crippen molar-refractivity contribution < 1.29 is 19.6 Å². The molecule has 0 aliphatic rings. The number of nitrogens with two attached hydrogens (primary N) is 1. The Kier molecular flexibility index (Phi) is 6.22. The van der Waals surface area contributed by atoms with Gasteiger partial charge in [0.25, 0.3) is 5.91 Å². The van der Waals surface area contributed by atoms with E-state index in [9.17, 15) is 15.0 Å². The standard InChI is InChI=1S/C20H18N8O4S/c1-11-2-6-14(7-3-11)33-10-15-17(23-27-28(15)19-18(21)25-32-26-19)20(31)24-22-9-12-4-5-13(29)8-16(12)30/h2-9,29-30H,10H2,1H3,(H2,21,25)(H,24,31)/b22-9-. The lowest BCUT2D eigenvalue weighted by molar-refractivity contribution is 0.0949. The van der Waals surface area contributed by atoms with E-state index >= 15 is 0 Å². The molecule has 33 heavy (non-hydrogen) atoms. The number of nitrogens with one attached hydrogen (secondary N) is 1. The number of aromatic nitrogens is 5. The van der Waals surface area contributed by atoms with Gasteiger partial charge in [-0.1, -0.05) is 22.9 Å². The molecule has 0 unspecified atom stereocenters. The molecule has 1 amide bonds. The van der Waals surface area contributed by atoms with Crippen LogP contribution in [0.25, 0.3) is 5.82 Å². The molecule has 5 N–H and O–H groups in total. The van der Waals surface area contributed by atoms with Crippen molar-refractivity contribution in [1.29, 1.82) is 0 Å². The minimum absolute atomic E-state index is 0.00379. The molecule has 0 bridgehead atoms. The second-order valence-corrected chi connectivity index (χ2v) is 7.86. The first-order valence-corrected chi connectivity index (χ1v) is 10.5. The molecule has 0 saturated heterocycles. The van der Waals surface area contributed by atoms with Crippen molar-refractivity contribution in [2.75, 3.05) is 5.73 Å². The number of hydrogen-bond donors (Lipinski definition) is 4. The van der Waals surface area contributed by atoms with Crippen molar-refractivity contribution >= 4 is 29.7 Å². The topological polar surface area (TPSA) is 178 Å². The Morgan fingerprint density at radius 1 is 1.24 bits per heavy atom. The van der Waals surface area contributed by atoms with Crippen LogP contribution in [0.4, 0.5) is 5.82 Å². The third-order valence-corrected chi connectivity index (χ3v) is 5.48. The lowest BCUT2D eigenvalue weighted by Crippen LogP contribution is -2.20. The highest BCUT2D eigenvalue weighted by molar-refractivity contribution is 7.98. The molecule has 2 aromatic heterocycles. The minimum Gasteiger partial charge on any atom is -0.508 e. The molecule has 12 nitrogen and oxygen atoms in total. The zero-order chi connectivity index (χ0) is 23.4. The zero-order valence-corrected chi connectivity index (χ0v) is 18.0. The van der Waals surface area contributed by atoms with Gasteiger partial charge in [0.15, 0.2) is 5.69 Å². The highest BCUT2D eigenvalue weighted by Gasteiger charge is 2.24. The number of hydrazone groups is 1. The van der Waals surface area contributed by atoms with Crippen LogP contribution in [0.2, 0.25) is 0 Å². The van der Waals surface area contributed by atoms with Crippen LogP contribution in [0.15, 0.2) is 57.1 Å². The molecule has 2 heterocycles. The number of hydrogen-bond acceptors (Lipinski definition) is 11. The number of carbonyl (C=O) groups is 1. The van der Waals surface area contributed by atoms with Gasteiger partial charge in [-0.2, -0.15) is 9.78 Å². The van der Waals surface area contributed by atoms with Gasteiger partial charge in [-0.25, -0.2) is 10.1 Å². The maximum atomic E-state index is 12.8. The number of benzene rings is 2. The van der Waals surface area contributed by atoms with E-state index in [1.54, 1.807) is 0 Å². The molecular formula is C20H18N8O4S. The predicted molar refractivity (Wildman–Crippen MR) is 119 cm³/mol. The molecule has 168 valence electrons. The van der Waals surface area contributed by atoms with Gasteiger partial charge in [0, 0.05) is 22.3 Å². The molecule has 2 aromatic carbocycles. The number of nitrogen functional groups attached to an aromatic ring is 1. The molecule has 0 radical (unpaired) electrons. The smallest absolute Gasteiger partial charge is 0.293 e. The van der Waals surface area contributed by atoms with E-state index < -0.39 is 5.91 Å². The Morgan fingerprint density at radius 3 is 2.73 bits per heavy atom. The van der Waals surface area contributed by atoms with Gasteiger partial charge in [0.2, 0.25) is 11.6 Å². The largest absolute Gasteiger partial charge is 0.508 e. The molecular weight excluding hydrogens is 448 g/mol. The van der Waals surface area contributed by atoms with Crippen LogP contribution < -0.4 is 11.2 Å². The number of carbonyl (C=O) groups excluding carboxylic acids is 1. The summed E-state index contributed by atoms with van der Waals surface area (Å²) in [6.45, 7) is 1.99. The Labute approximate surface area is 191 Å². The zero-order valence-electron chi connectivity index (χ0n) is 17.2. The lowest BCUT2D eigenvalue weighted by atomic mass is 10.2. The number of thioether (sulfide) groups is 1. The molecule has 4 rings (SSSR count). The number of phenols is 2. The van der Waals surface area contributed by atoms with E-state index in [4.69, 9.17) is 5.73 Å². The van der Waals surface area contributed by atoms with Gasteiger partial charge in [0.05, 0.1) is 11.9 Å². The predicted octanol–water partition coefficient (Wildman–Crippen LogP) is 2.01. The van der Waals surface area contributed by atoms with Crippen LogP contribution in [-0.4, -0.2) is 47.6 Å². The Hall–Kier alpha value is -4.39. The van der Waals surface area contributed by atoms with Crippen LogP contribution in [-0.2, 0) is 5.75 Å². The van der Waals surface area contributed by atoms with E-state index in [1.807, 2.05) is 31.2 Å². The van der Waals surface area contributed by atoms with Crippen molar-refractivity contribution in [2.45, 2.75) is 17.6 Å². The van der Waals surface area contributed by atoms with E-state index in [1.165, 1.54) is 34.8 Å². The van der Waals surface area contributed by atoms with Gasteiger partial charge < -0.3 is 15.9 Å². The molecule has 0 aliphatic heterocycles. The maximum Gasteiger partial charge on any atom is 0.293 e. The Bertz CT molecular complexity index is 1320. The van der Waals surface area contributed by atoms with E-state index in [2.05, 4.69) is 35.8 Å². The molecule has 4 aromatic rings. The second-order valence-electron chi connectivity index (χ2n) is 6.81. The highest BCUT2D eigenvalue weighted by Crippen LogP contribution is 2.26. The summed E-state index contributed by atoms with van der Waals surface area (Å²) in [5.74, 6) is -0.503. The van der Waals surface area contributed by atoms with Crippen molar-refractivity contribution in [3.63, 3.8) is 0 Å². The number of phenolic OH excluding ortho intramolecular Hbond substituents is 2. The van der Waals surface area contributed by atoms with Gasteiger partial charge in [-0.05, 0) is 41.5 Å². The number of nitrogens with zero attached hydrogens (tertiary/aromatic N) is 6. The molecule has 13 heteroatoms. The molecule has 0 saturated carbocycles. The summed E-state index contributed by atoms with van der Waals surface area (Å²) in [5, 5.41) is 38.3. The average Bonchev–Trinajstić information content (AvgIpc) is 3.40. The molecule has 0 atom stereocenters.